The van der Waals surface area contributed by atoms with Crippen LogP contribution in [0.4, 0.5) is 4.39 Å². The summed E-state index contributed by atoms with van der Waals surface area (Å²) >= 11 is 0. The van der Waals surface area contributed by atoms with E-state index in [0.717, 1.165) is 16.6 Å². The first kappa shape index (κ1) is 23.1. The summed E-state index contributed by atoms with van der Waals surface area (Å²) in [6.45, 7) is 6.56. The summed E-state index contributed by atoms with van der Waals surface area (Å²) in [4.78, 5) is 0. The Kier molecular flexibility index (Phi) is 6.86. The van der Waals surface area contributed by atoms with Crippen LogP contribution in [0.5, 0.6) is 0 Å². The molecule has 0 aliphatic heterocycles. The van der Waals surface area contributed by atoms with Gasteiger partial charge in [0.2, 0.25) is 0 Å². The molecule has 0 radical (unpaired) electrons. The molecule has 0 N–H and O–H groups in total. The van der Waals surface area contributed by atoms with E-state index in [1.807, 2.05) is 36.4 Å². The highest BCUT2D eigenvalue weighted by Crippen LogP contribution is 2.40. The number of benzene rings is 2. The molecule has 0 spiro atoms. The van der Waals surface area contributed by atoms with Crippen molar-refractivity contribution in [2.45, 2.75) is 63.5 Å². The van der Waals surface area contributed by atoms with E-state index >= 15 is 0 Å². The van der Waals surface area contributed by atoms with Crippen molar-refractivity contribution in [3.05, 3.63) is 60.7 Å². The predicted octanol–water partition coefficient (Wildman–Crippen LogP) is 3.80. The Morgan fingerprint density at radius 2 is 1.43 bits per heavy atom. The van der Waals surface area contributed by atoms with Crippen molar-refractivity contribution in [1.82, 2.24) is 0 Å². The predicted molar refractivity (Wildman–Crippen MR) is 121 cm³/mol. The summed E-state index contributed by atoms with van der Waals surface area (Å²) in [5.41, 5.74) is 0. The molecule has 0 heterocycles. The molecule has 0 unspecified atom stereocenters. The molecule has 0 aromatic heterocycles. The molecule has 164 valence electrons. The van der Waals surface area contributed by atoms with E-state index in [-0.39, 0.29) is 17.6 Å². The van der Waals surface area contributed by atoms with Crippen molar-refractivity contribution in [2.24, 2.45) is 0 Å². The molecule has 7 heteroatoms. The van der Waals surface area contributed by atoms with Crippen LogP contribution in [0.3, 0.4) is 0 Å². The minimum Gasteiger partial charge on any atom is -0.404 e. The average molecular weight is 451 g/mol. The van der Waals surface area contributed by atoms with Gasteiger partial charge in [0.05, 0.1) is 6.26 Å². The first-order valence-corrected chi connectivity index (χ1v) is 14.1. The molecular formula is C23H31FO4SSi. The Hall–Kier alpha value is -1.54. The summed E-state index contributed by atoms with van der Waals surface area (Å²) in [6, 6.07) is 20.5. The molecule has 0 saturated heterocycles. The molecule has 3 atom stereocenters. The Morgan fingerprint density at radius 3 is 1.83 bits per heavy atom. The van der Waals surface area contributed by atoms with E-state index < -0.39 is 30.7 Å². The van der Waals surface area contributed by atoms with Gasteiger partial charge in [0.25, 0.3) is 18.4 Å². The second kappa shape index (κ2) is 8.90. The molecule has 1 fully saturated rings. The Bertz CT molecular complexity index is 889. The Morgan fingerprint density at radius 1 is 0.933 bits per heavy atom. The van der Waals surface area contributed by atoms with Gasteiger partial charge in [-0.1, -0.05) is 81.4 Å². The van der Waals surface area contributed by atoms with E-state index in [0.29, 0.717) is 12.8 Å². The first-order chi connectivity index (χ1) is 14.0. The van der Waals surface area contributed by atoms with Gasteiger partial charge < -0.3 is 4.43 Å². The van der Waals surface area contributed by atoms with Gasteiger partial charge >= 0.3 is 0 Å². The lowest BCUT2D eigenvalue weighted by atomic mass is 9.94. The van der Waals surface area contributed by atoms with Gasteiger partial charge in [0.15, 0.2) is 0 Å². The third-order valence-electron chi connectivity index (χ3n) is 5.72. The highest BCUT2D eigenvalue weighted by molar-refractivity contribution is 7.86. The van der Waals surface area contributed by atoms with E-state index in [1.54, 1.807) is 0 Å². The van der Waals surface area contributed by atoms with Crippen molar-refractivity contribution in [2.75, 3.05) is 6.26 Å². The average Bonchev–Trinajstić information content (AvgIpc) is 2.67. The molecular weight excluding hydrogens is 419 g/mol. The van der Waals surface area contributed by atoms with Gasteiger partial charge in [-0.3, -0.25) is 4.18 Å². The van der Waals surface area contributed by atoms with Gasteiger partial charge in [0, 0.05) is 12.5 Å². The fraction of sp³-hybridized carbons (Fsp3) is 0.478. The first-order valence-electron chi connectivity index (χ1n) is 10.3. The van der Waals surface area contributed by atoms with E-state index in [4.69, 9.17) is 8.61 Å². The summed E-state index contributed by atoms with van der Waals surface area (Å²) in [5.74, 6) is 0. The second-order valence-electron chi connectivity index (χ2n) is 9.07. The largest absolute Gasteiger partial charge is 0.404 e. The Labute approximate surface area is 180 Å². The van der Waals surface area contributed by atoms with Crippen LogP contribution in [0.15, 0.2) is 60.7 Å². The van der Waals surface area contributed by atoms with Gasteiger partial charge in [0.1, 0.15) is 12.3 Å². The SMILES string of the molecule is CC(C)(C)[Si](O[C@@H]1CC[C@@H](OS(C)(=O)=O)[C@H](F)C1)(c1ccccc1)c1ccccc1. The minimum absolute atomic E-state index is 0.130. The van der Waals surface area contributed by atoms with Crippen LogP contribution in [0, 0.1) is 0 Å². The normalized spacial score (nSPS) is 23.3. The van der Waals surface area contributed by atoms with E-state index in [1.165, 1.54) is 0 Å². The van der Waals surface area contributed by atoms with Crippen molar-refractivity contribution in [3.8, 4) is 0 Å². The van der Waals surface area contributed by atoms with Crippen molar-refractivity contribution >= 4 is 28.8 Å². The molecule has 1 aliphatic rings. The third kappa shape index (κ3) is 5.02. The summed E-state index contributed by atoms with van der Waals surface area (Å²) in [5, 5.41) is 2.10. The maximum absolute atomic E-state index is 14.9. The lowest BCUT2D eigenvalue weighted by Gasteiger charge is -2.46. The highest BCUT2D eigenvalue weighted by atomic mass is 32.2. The topological polar surface area (TPSA) is 52.6 Å². The highest BCUT2D eigenvalue weighted by Gasteiger charge is 2.52. The van der Waals surface area contributed by atoms with E-state index in [2.05, 4.69) is 45.0 Å². The molecule has 30 heavy (non-hydrogen) atoms. The van der Waals surface area contributed by atoms with Crippen molar-refractivity contribution in [3.63, 3.8) is 0 Å². The maximum Gasteiger partial charge on any atom is 0.264 e. The van der Waals surface area contributed by atoms with E-state index in [9.17, 15) is 12.8 Å². The monoisotopic (exact) mass is 450 g/mol. The van der Waals surface area contributed by atoms with Crippen molar-refractivity contribution < 1.29 is 21.4 Å². The zero-order valence-electron chi connectivity index (χ0n) is 18.0. The molecule has 1 aliphatic carbocycles. The molecule has 3 rings (SSSR count). The van der Waals surface area contributed by atoms with Crippen molar-refractivity contribution in [1.29, 1.82) is 0 Å². The standard InChI is InChI=1S/C23H31FO4SSi/c1-23(2,3)30(19-11-7-5-8-12-19,20-13-9-6-10-14-20)28-18-15-16-22(21(24)17-18)27-29(4,25)26/h5-14,18,21-22H,15-17H2,1-4H3/t18-,21-,22-/m1/s1. The van der Waals surface area contributed by atoms with Gasteiger partial charge in [-0.05, 0) is 28.3 Å². The Balaban J connectivity index is 1.97. The molecule has 2 aromatic rings. The number of halogens is 1. The second-order valence-corrected chi connectivity index (χ2v) is 14.9. The fourth-order valence-electron chi connectivity index (χ4n) is 4.43. The van der Waals surface area contributed by atoms with Crippen LogP contribution in [-0.2, 0) is 18.7 Å². The number of alkyl halides is 1. The number of hydrogen-bond donors (Lipinski definition) is 0. The van der Waals surface area contributed by atoms with Crippen LogP contribution in [0.25, 0.3) is 0 Å². The lowest BCUT2D eigenvalue weighted by Crippen LogP contribution is -2.68. The number of hydrogen-bond acceptors (Lipinski definition) is 4. The lowest BCUT2D eigenvalue weighted by molar-refractivity contribution is 0.0128. The van der Waals surface area contributed by atoms with Crippen LogP contribution < -0.4 is 10.4 Å². The number of rotatable bonds is 6. The zero-order chi connectivity index (χ0) is 22.0. The van der Waals surface area contributed by atoms with Gasteiger partial charge in [-0.25, -0.2) is 4.39 Å². The smallest absolute Gasteiger partial charge is 0.264 e. The van der Waals surface area contributed by atoms with Gasteiger partial charge in [-0.2, -0.15) is 8.42 Å². The van der Waals surface area contributed by atoms with Gasteiger partial charge in [-0.15, -0.1) is 0 Å². The fourth-order valence-corrected chi connectivity index (χ4v) is 9.83. The summed E-state index contributed by atoms with van der Waals surface area (Å²) in [6.07, 6.45) is -0.640. The maximum atomic E-state index is 14.9. The quantitative estimate of drug-likeness (QED) is 0.496. The summed E-state index contributed by atoms with van der Waals surface area (Å²) in [7, 11) is -6.45. The van der Waals surface area contributed by atoms with Crippen LogP contribution in [0.1, 0.15) is 40.0 Å². The summed E-state index contributed by atoms with van der Waals surface area (Å²) < 4.78 is 49.7. The minimum atomic E-state index is -3.69. The zero-order valence-corrected chi connectivity index (χ0v) is 19.9. The molecule has 0 bridgehead atoms. The molecule has 2 aromatic carbocycles. The molecule has 1 saturated carbocycles. The van der Waals surface area contributed by atoms with Crippen LogP contribution in [0.2, 0.25) is 5.04 Å². The third-order valence-corrected chi connectivity index (χ3v) is 11.4. The van der Waals surface area contributed by atoms with Crippen LogP contribution in [-0.4, -0.2) is 41.4 Å². The van der Waals surface area contributed by atoms with Crippen LogP contribution >= 0.6 is 0 Å². The molecule has 0 amide bonds. The molecule has 4 nitrogen and oxygen atoms in total.